The molecule has 3 aromatic rings. The number of carbonyl (C=O) groups excluding carboxylic acids is 1. The van der Waals surface area contributed by atoms with Crippen LogP contribution in [0.2, 0.25) is 0 Å². The van der Waals surface area contributed by atoms with E-state index in [1.807, 2.05) is 51.2 Å². The van der Waals surface area contributed by atoms with Crippen LogP contribution in [0.1, 0.15) is 71.4 Å². The number of likely N-dealkylation sites (tertiary alicyclic amines) is 1. The Hall–Kier alpha value is -2.81. The third-order valence-electron chi connectivity index (χ3n) is 9.91. The first-order valence-electron chi connectivity index (χ1n) is 14.2. The van der Waals surface area contributed by atoms with Gasteiger partial charge in [-0.3, -0.25) is 0 Å². The van der Waals surface area contributed by atoms with Crippen molar-refractivity contribution >= 4 is 27.4 Å². The van der Waals surface area contributed by atoms with Crippen molar-refractivity contribution in [3.8, 4) is 11.5 Å². The van der Waals surface area contributed by atoms with E-state index < -0.39 is 12.2 Å². The molecule has 1 aromatic carbocycles. The maximum absolute atomic E-state index is 13.2. The highest BCUT2D eigenvalue weighted by atomic mass is 79.9. The van der Waals surface area contributed by atoms with E-state index in [1.165, 1.54) is 5.56 Å². The predicted molar refractivity (Wildman–Crippen MR) is 155 cm³/mol. The lowest BCUT2D eigenvalue weighted by molar-refractivity contribution is -0.0454. The van der Waals surface area contributed by atoms with Crippen LogP contribution in [-0.2, 0) is 16.6 Å². The van der Waals surface area contributed by atoms with Gasteiger partial charge in [-0.25, -0.2) is 4.79 Å². The van der Waals surface area contributed by atoms with Crippen molar-refractivity contribution in [2.24, 2.45) is 5.92 Å². The number of benzene rings is 1. The van der Waals surface area contributed by atoms with E-state index in [-0.39, 0.29) is 41.1 Å². The van der Waals surface area contributed by atoms with Gasteiger partial charge in [0.25, 0.3) is 0 Å². The number of aliphatic hydroxyl groups is 1. The van der Waals surface area contributed by atoms with Crippen molar-refractivity contribution in [2.45, 2.75) is 76.2 Å². The highest BCUT2D eigenvalue weighted by Crippen LogP contribution is 2.63. The van der Waals surface area contributed by atoms with Crippen molar-refractivity contribution in [2.75, 3.05) is 13.6 Å². The molecule has 4 aliphatic rings. The van der Waals surface area contributed by atoms with E-state index >= 15 is 0 Å². The Morgan fingerprint density at radius 1 is 1.23 bits per heavy atom. The lowest BCUT2D eigenvalue weighted by Gasteiger charge is -2.56. The molecule has 2 aliphatic carbocycles. The fraction of sp³-hybridized carbons (Fsp3) is 0.469. The molecule has 1 unspecified atom stereocenters. The third-order valence-corrected chi connectivity index (χ3v) is 10.3. The Morgan fingerprint density at radius 3 is 2.75 bits per heavy atom. The van der Waals surface area contributed by atoms with Gasteiger partial charge in [0, 0.05) is 50.7 Å². The Kier molecular flexibility index (Phi) is 5.77. The van der Waals surface area contributed by atoms with Gasteiger partial charge in [-0.05, 0) is 98.0 Å². The number of esters is 1. The zero-order valence-corrected chi connectivity index (χ0v) is 25.0. The van der Waals surface area contributed by atoms with Gasteiger partial charge >= 0.3 is 5.97 Å². The molecule has 0 saturated carbocycles. The first-order chi connectivity index (χ1) is 19.0. The van der Waals surface area contributed by atoms with Crippen LogP contribution in [0.15, 0.2) is 41.0 Å². The molecular weight excluding hydrogens is 572 g/mol. The van der Waals surface area contributed by atoms with Gasteiger partial charge in [0.1, 0.15) is 12.2 Å². The molecule has 2 bridgehead atoms. The molecule has 6 atom stereocenters. The van der Waals surface area contributed by atoms with Crippen LogP contribution in [0, 0.1) is 12.8 Å². The molecule has 7 rings (SSSR count). The summed E-state index contributed by atoms with van der Waals surface area (Å²) in [5, 5.41) is 22.5. The summed E-state index contributed by atoms with van der Waals surface area (Å²) >= 11 is 3.63. The molecule has 210 valence electrons. The van der Waals surface area contributed by atoms with Crippen LogP contribution < -0.4 is 4.74 Å². The smallest absolute Gasteiger partial charge is 0.338 e. The van der Waals surface area contributed by atoms with Gasteiger partial charge in [0.15, 0.2) is 11.5 Å². The quantitative estimate of drug-likeness (QED) is 0.312. The maximum atomic E-state index is 13.2. The summed E-state index contributed by atoms with van der Waals surface area (Å²) in [5.74, 6) is 0.372. The summed E-state index contributed by atoms with van der Waals surface area (Å²) in [4.78, 5) is 15.6. The fourth-order valence-corrected chi connectivity index (χ4v) is 8.69. The molecule has 2 aliphatic heterocycles. The molecule has 1 saturated heterocycles. The molecule has 1 spiro atoms. The number of phenolic OH excluding ortho intramolecular Hbond substituents is 1. The molecular formula is C32H35BrN2O5. The van der Waals surface area contributed by atoms with Crippen LogP contribution in [0.5, 0.6) is 11.5 Å². The number of hydrogen-bond acceptors (Lipinski definition) is 6. The first-order valence-corrected chi connectivity index (χ1v) is 15.0. The fourth-order valence-electron chi connectivity index (χ4n) is 8.25. The van der Waals surface area contributed by atoms with Crippen molar-refractivity contribution < 1.29 is 24.5 Å². The molecule has 7 nitrogen and oxygen atoms in total. The van der Waals surface area contributed by atoms with Gasteiger partial charge < -0.3 is 29.0 Å². The SMILES string of the molecule is Cc1c(C(=O)OC(C)C)cc2cc(Br)cn2c1C(C)c1cc(O)c2c3c1C[C@@H]1[C@@H]4C=C[C@H](O)[C@H](O2)[C@]34CCN1C. The zero-order chi connectivity index (χ0) is 28.2. The number of aromatic hydroxyl groups is 1. The van der Waals surface area contributed by atoms with Crippen LogP contribution in [-0.4, -0.2) is 63.4 Å². The van der Waals surface area contributed by atoms with E-state index in [4.69, 9.17) is 9.47 Å². The lowest BCUT2D eigenvalue weighted by atomic mass is 9.52. The second-order valence-corrected chi connectivity index (χ2v) is 13.3. The third kappa shape index (κ3) is 3.39. The Labute approximate surface area is 242 Å². The average Bonchev–Trinajstić information content (AvgIpc) is 3.44. The van der Waals surface area contributed by atoms with Crippen molar-refractivity contribution in [3.05, 3.63) is 74.5 Å². The molecule has 8 heteroatoms. The molecule has 0 radical (unpaired) electrons. The largest absolute Gasteiger partial charge is 0.504 e. The molecule has 4 heterocycles. The molecule has 1 fully saturated rings. The Balaban J connectivity index is 1.46. The number of pyridine rings is 1. The maximum Gasteiger partial charge on any atom is 0.338 e. The van der Waals surface area contributed by atoms with E-state index in [2.05, 4.69) is 45.3 Å². The van der Waals surface area contributed by atoms with E-state index in [0.717, 1.165) is 51.8 Å². The number of halogens is 1. The number of likely N-dealkylation sites (N-methyl/N-ethyl adjacent to an activating group) is 1. The first kappa shape index (κ1) is 26.1. The summed E-state index contributed by atoms with van der Waals surface area (Å²) in [6, 6.07) is 6.02. The zero-order valence-electron chi connectivity index (χ0n) is 23.4. The second-order valence-electron chi connectivity index (χ2n) is 12.3. The van der Waals surface area contributed by atoms with Crippen molar-refractivity contribution in [3.63, 3.8) is 0 Å². The number of hydrogen-bond donors (Lipinski definition) is 2. The van der Waals surface area contributed by atoms with Crippen LogP contribution in [0.25, 0.3) is 5.52 Å². The van der Waals surface area contributed by atoms with Crippen LogP contribution in [0.3, 0.4) is 0 Å². The summed E-state index contributed by atoms with van der Waals surface area (Å²) in [6.07, 6.45) is 6.43. The van der Waals surface area contributed by atoms with E-state index in [0.29, 0.717) is 11.3 Å². The highest BCUT2D eigenvalue weighted by Gasteiger charge is 2.64. The van der Waals surface area contributed by atoms with E-state index in [1.54, 1.807) is 0 Å². The molecule has 2 N–H and O–H groups in total. The minimum absolute atomic E-state index is 0.116. The van der Waals surface area contributed by atoms with Gasteiger partial charge in [-0.15, -0.1) is 0 Å². The normalized spacial score (nSPS) is 29.0. The summed E-state index contributed by atoms with van der Waals surface area (Å²) in [7, 11) is 2.19. The monoisotopic (exact) mass is 606 g/mol. The summed E-state index contributed by atoms with van der Waals surface area (Å²) in [6.45, 7) is 8.76. The second kappa shape index (κ2) is 8.84. The number of ether oxygens (including phenoxy) is 2. The molecule has 40 heavy (non-hydrogen) atoms. The number of piperidine rings is 1. The topological polar surface area (TPSA) is 83.6 Å². The van der Waals surface area contributed by atoms with Gasteiger partial charge in [-0.1, -0.05) is 19.1 Å². The minimum atomic E-state index is -0.721. The number of fused-ring (bicyclic) bond motifs is 1. The summed E-state index contributed by atoms with van der Waals surface area (Å²) < 4.78 is 15.1. The lowest BCUT2D eigenvalue weighted by Crippen LogP contribution is -2.64. The number of aromatic nitrogens is 1. The van der Waals surface area contributed by atoms with Crippen LogP contribution >= 0.6 is 15.9 Å². The predicted octanol–water partition coefficient (Wildman–Crippen LogP) is 5.24. The minimum Gasteiger partial charge on any atom is -0.504 e. The van der Waals surface area contributed by atoms with E-state index in [9.17, 15) is 15.0 Å². The number of rotatable bonds is 4. The molecule has 2 aromatic heterocycles. The number of phenols is 1. The average molecular weight is 608 g/mol. The van der Waals surface area contributed by atoms with Gasteiger partial charge in [0.05, 0.1) is 11.7 Å². The standard InChI is InChI=1S/C32H35BrN2O5/c1-15(2)39-31(38)21-11-19-10-18(33)14-35(19)28(17(21)4)16(3)20-13-26(37)29-27-22(20)12-24-23-6-7-25(36)30(40-29)32(23,27)8-9-34(24)5/h6-7,10-11,13-16,23-25,30,36-37H,8-9,12H2,1-5H3/t16?,23-,24+,25-,30-,32-/m0/s1. The Bertz CT molecular complexity index is 1610. The number of nitrogens with zero attached hydrogens (tertiary/aromatic N) is 2. The molecule has 0 amide bonds. The number of aliphatic hydroxyl groups excluding tert-OH is 1. The van der Waals surface area contributed by atoms with Crippen molar-refractivity contribution in [1.29, 1.82) is 0 Å². The van der Waals surface area contributed by atoms with Crippen molar-refractivity contribution in [1.82, 2.24) is 9.30 Å². The summed E-state index contributed by atoms with van der Waals surface area (Å²) in [5.41, 5.74) is 6.22. The highest BCUT2D eigenvalue weighted by molar-refractivity contribution is 9.10. The number of carbonyl (C=O) groups is 1. The Morgan fingerprint density at radius 2 is 2.00 bits per heavy atom. The van der Waals surface area contributed by atoms with Crippen LogP contribution in [0.4, 0.5) is 0 Å². The van der Waals surface area contributed by atoms with Gasteiger partial charge in [0.2, 0.25) is 0 Å². The van der Waals surface area contributed by atoms with Gasteiger partial charge in [-0.2, -0.15) is 0 Å².